The Labute approximate surface area is 153 Å². The number of hydrogen-bond acceptors (Lipinski definition) is 3. The molecule has 126 valence electrons. The first kappa shape index (κ1) is 18.7. The number of nitrogens with zero attached hydrogens (tertiary/aromatic N) is 1. The Kier molecular flexibility index (Phi) is 6.16. The number of aryl methyl sites for hydroxylation is 1. The van der Waals surface area contributed by atoms with E-state index in [1.165, 1.54) is 10.1 Å². The van der Waals surface area contributed by atoms with Crippen molar-refractivity contribution >= 4 is 39.6 Å². The van der Waals surface area contributed by atoms with E-state index in [-0.39, 0.29) is 24.1 Å². The Morgan fingerprint density at radius 3 is 2.29 bits per heavy atom. The van der Waals surface area contributed by atoms with Gasteiger partial charge in [0.1, 0.15) is 0 Å². The van der Waals surface area contributed by atoms with Gasteiger partial charge in [0.2, 0.25) is 0 Å². The molecule has 0 fully saturated rings. The average Bonchev–Trinajstić information content (AvgIpc) is 2.90. The Morgan fingerprint density at radius 1 is 1.04 bits per heavy atom. The van der Waals surface area contributed by atoms with Gasteiger partial charge < -0.3 is 4.90 Å². The van der Waals surface area contributed by atoms with Crippen LogP contribution in [0.3, 0.4) is 0 Å². The van der Waals surface area contributed by atoms with Crippen LogP contribution in [0.2, 0.25) is 0 Å². The molecule has 0 saturated heterocycles. The molecule has 1 aromatic heterocycles. The van der Waals surface area contributed by atoms with Crippen LogP contribution in [-0.4, -0.2) is 31.3 Å². The minimum atomic E-state index is -0.127. The maximum absolute atomic E-state index is 13.3. The summed E-state index contributed by atoms with van der Waals surface area (Å²) in [5.74, 6) is 0.0987. The van der Waals surface area contributed by atoms with Crippen LogP contribution in [0, 0.1) is 6.92 Å². The maximum atomic E-state index is 13.3. The van der Waals surface area contributed by atoms with Crippen molar-refractivity contribution in [3.05, 3.63) is 70.6 Å². The second kappa shape index (κ2) is 7.93. The largest absolute Gasteiger partial charge is 0.308 e. The highest BCUT2D eigenvalue weighted by Crippen LogP contribution is 2.34. The Morgan fingerprint density at radius 2 is 1.67 bits per heavy atom. The number of ketones is 1. The van der Waals surface area contributed by atoms with Crippen molar-refractivity contribution in [2.75, 3.05) is 20.6 Å². The van der Waals surface area contributed by atoms with Gasteiger partial charge in [0.05, 0.1) is 10.8 Å². The summed E-state index contributed by atoms with van der Waals surface area (Å²) in [6.45, 7) is 2.78. The van der Waals surface area contributed by atoms with Gasteiger partial charge in [0.15, 0.2) is 5.78 Å². The number of fused-ring (bicyclic) bond motifs is 1. The molecule has 1 unspecified atom stereocenters. The Balaban J connectivity index is 0.00000208. The molecule has 3 aromatic rings. The third-order valence-corrected chi connectivity index (χ3v) is 5.42. The molecule has 0 amide bonds. The van der Waals surface area contributed by atoms with E-state index in [2.05, 4.69) is 36.1 Å². The van der Waals surface area contributed by atoms with Gasteiger partial charge in [-0.1, -0.05) is 48.5 Å². The van der Waals surface area contributed by atoms with Gasteiger partial charge in [0, 0.05) is 11.2 Å². The topological polar surface area (TPSA) is 20.3 Å². The number of benzene rings is 2. The van der Waals surface area contributed by atoms with Crippen LogP contribution in [0.4, 0.5) is 0 Å². The summed E-state index contributed by atoms with van der Waals surface area (Å²) in [6, 6.07) is 18.3. The van der Waals surface area contributed by atoms with Crippen molar-refractivity contribution in [3.63, 3.8) is 0 Å². The SMILES string of the molecule is Cc1c(C(=O)C(CN(C)C)c2ccccc2)sc2ccccc12.Cl. The zero-order chi connectivity index (χ0) is 16.4. The first-order valence-electron chi connectivity index (χ1n) is 7.80. The van der Waals surface area contributed by atoms with Crippen molar-refractivity contribution in [2.45, 2.75) is 12.8 Å². The smallest absolute Gasteiger partial charge is 0.181 e. The van der Waals surface area contributed by atoms with Crippen molar-refractivity contribution < 1.29 is 4.79 Å². The van der Waals surface area contributed by atoms with Gasteiger partial charge in [-0.2, -0.15) is 0 Å². The fourth-order valence-electron chi connectivity index (χ4n) is 2.96. The highest BCUT2D eigenvalue weighted by molar-refractivity contribution is 7.21. The summed E-state index contributed by atoms with van der Waals surface area (Å²) in [6.07, 6.45) is 0. The van der Waals surface area contributed by atoms with Crippen molar-refractivity contribution in [1.82, 2.24) is 4.90 Å². The Hall–Kier alpha value is -1.68. The molecule has 3 rings (SSSR count). The third-order valence-electron chi connectivity index (χ3n) is 4.13. The number of carbonyl (C=O) groups excluding carboxylic acids is 1. The summed E-state index contributed by atoms with van der Waals surface area (Å²) in [4.78, 5) is 16.2. The van der Waals surface area contributed by atoms with E-state index in [4.69, 9.17) is 0 Å². The monoisotopic (exact) mass is 359 g/mol. The van der Waals surface area contributed by atoms with Gasteiger partial charge in [-0.3, -0.25) is 4.79 Å². The summed E-state index contributed by atoms with van der Waals surface area (Å²) in [7, 11) is 4.03. The van der Waals surface area contributed by atoms with Crippen LogP contribution < -0.4 is 0 Å². The van der Waals surface area contributed by atoms with Gasteiger partial charge in [-0.25, -0.2) is 0 Å². The van der Waals surface area contributed by atoms with E-state index in [0.29, 0.717) is 0 Å². The normalized spacial score (nSPS) is 12.2. The minimum absolute atomic E-state index is 0. The highest BCUT2D eigenvalue weighted by atomic mass is 35.5. The zero-order valence-electron chi connectivity index (χ0n) is 14.2. The minimum Gasteiger partial charge on any atom is -0.308 e. The number of Topliss-reactive ketones (excluding diaryl/α,β-unsaturated/α-hetero) is 1. The fraction of sp³-hybridized carbons (Fsp3) is 0.250. The highest BCUT2D eigenvalue weighted by Gasteiger charge is 2.26. The van der Waals surface area contributed by atoms with E-state index in [9.17, 15) is 4.79 Å². The van der Waals surface area contributed by atoms with Gasteiger partial charge in [-0.05, 0) is 43.6 Å². The zero-order valence-corrected chi connectivity index (χ0v) is 15.8. The first-order chi connectivity index (χ1) is 11.1. The van der Waals surface area contributed by atoms with Gasteiger partial charge in [0.25, 0.3) is 0 Å². The summed E-state index contributed by atoms with van der Waals surface area (Å²) in [5.41, 5.74) is 2.19. The second-order valence-electron chi connectivity index (χ2n) is 6.14. The average molecular weight is 360 g/mol. The number of carbonyl (C=O) groups is 1. The van der Waals surface area contributed by atoms with Gasteiger partial charge in [-0.15, -0.1) is 23.7 Å². The molecule has 4 heteroatoms. The summed E-state index contributed by atoms with van der Waals surface area (Å²) < 4.78 is 1.19. The number of halogens is 1. The van der Waals surface area contributed by atoms with E-state index in [1.54, 1.807) is 11.3 Å². The molecule has 0 aliphatic rings. The number of likely N-dealkylation sites (N-methyl/N-ethyl adjacent to an activating group) is 1. The molecule has 2 aromatic carbocycles. The molecule has 0 aliphatic carbocycles. The maximum Gasteiger partial charge on any atom is 0.181 e. The number of hydrogen-bond donors (Lipinski definition) is 0. The fourth-order valence-corrected chi connectivity index (χ4v) is 4.16. The molecule has 0 radical (unpaired) electrons. The molecule has 2 nitrogen and oxygen atoms in total. The molecule has 24 heavy (non-hydrogen) atoms. The molecule has 0 spiro atoms. The van der Waals surface area contributed by atoms with E-state index >= 15 is 0 Å². The van der Waals surface area contributed by atoms with Crippen LogP contribution >= 0.6 is 23.7 Å². The van der Waals surface area contributed by atoms with E-state index in [1.807, 2.05) is 44.4 Å². The van der Waals surface area contributed by atoms with Crippen LogP contribution in [0.25, 0.3) is 10.1 Å². The second-order valence-corrected chi connectivity index (χ2v) is 7.19. The molecule has 0 bridgehead atoms. The lowest BCUT2D eigenvalue weighted by Crippen LogP contribution is -2.26. The Bertz CT molecular complexity index is 826. The quantitative estimate of drug-likeness (QED) is 0.586. The van der Waals surface area contributed by atoms with Crippen molar-refractivity contribution in [2.24, 2.45) is 0 Å². The predicted octanol–water partition coefficient (Wildman–Crippen LogP) is 5.16. The molecule has 0 saturated carbocycles. The lowest BCUT2D eigenvalue weighted by molar-refractivity contribution is 0.0948. The lowest BCUT2D eigenvalue weighted by atomic mass is 9.92. The number of thiophene rings is 1. The van der Waals surface area contributed by atoms with E-state index < -0.39 is 0 Å². The predicted molar refractivity (Wildman–Crippen MR) is 106 cm³/mol. The lowest BCUT2D eigenvalue weighted by Gasteiger charge is -2.20. The molecule has 0 N–H and O–H groups in total. The standard InChI is InChI=1S/C20H21NOS.ClH/c1-14-16-11-7-8-12-18(16)23-20(14)19(22)17(13-21(2)3)15-9-5-4-6-10-15;/h4-12,17H,13H2,1-3H3;1H. The third kappa shape index (κ3) is 3.69. The van der Waals surface area contributed by atoms with Crippen molar-refractivity contribution in [1.29, 1.82) is 0 Å². The van der Waals surface area contributed by atoms with Crippen LogP contribution in [0.5, 0.6) is 0 Å². The van der Waals surface area contributed by atoms with Crippen LogP contribution in [0.15, 0.2) is 54.6 Å². The molecular formula is C20H22ClNOS. The summed E-state index contributed by atoms with van der Waals surface area (Å²) in [5, 5.41) is 1.19. The van der Waals surface area contributed by atoms with E-state index in [0.717, 1.165) is 22.5 Å². The van der Waals surface area contributed by atoms with Crippen LogP contribution in [0.1, 0.15) is 26.7 Å². The molecule has 1 heterocycles. The van der Waals surface area contributed by atoms with Crippen LogP contribution in [-0.2, 0) is 0 Å². The number of rotatable bonds is 5. The molecule has 1 atom stereocenters. The van der Waals surface area contributed by atoms with Gasteiger partial charge >= 0.3 is 0 Å². The molecule has 0 aliphatic heterocycles. The molecular weight excluding hydrogens is 338 g/mol. The van der Waals surface area contributed by atoms with Crippen molar-refractivity contribution in [3.8, 4) is 0 Å². The first-order valence-corrected chi connectivity index (χ1v) is 8.61. The summed E-state index contributed by atoms with van der Waals surface area (Å²) >= 11 is 1.61.